The van der Waals surface area contributed by atoms with E-state index in [4.69, 9.17) is 0 Å². The van der Waals surface area contributed by atoms with Crippen molar-refractivity contribution in [3.05, 3.63) is 0 Å². The molecule has 2 rings (SSSR count). The van der Waals surface area contributed by atoms with Crippen LogP contribution >= 0.6 is 0 Å². The Morgan fingerprint density at radius 1 is 1.18 bits per heavy atom. The van der Waals surface area contributed by atoms with Crippen LogP contribution in [0, 0.1) is 5.92 Å². The number of hydrogen-bond donors (Lipinski definition) is 1. The third-order valence-corrected chi connectivity index (χ3v) is 3.74. The first-order chi connectivity index (χ1) is 7.98. The molecule has 0 radical (unpaired) electrons. The molecule has 2 aliphatic rings. The fourth-order valence-corrected chi connectivity index (χ4v) is 2.80. The maximum atomic E-state index is 12.2. The van der Waals surface area contributed by atoms with Gasteiger partial charge in [0.1, 0.15) is 0 Å². The second kappa shape index (κ2) is 4.84. The number of halogens is 3. The Labute approximate surface area is 98.3 Å². The van der Waals surface area contributed by atoms with Crippen molar-refractivity contribution in [2.24, 2.45) is 5.92 Å². The van der Waals surface area contributed by atoms with Crippen LogP contribution in [0.2, 0.25) is 0 Å². The number of amides is 1. The van der Waals surface area contributed by atoms with E-state index in [0.29, 0.717) is 24.8 Å². The van der Waals surface area contributed by atoms with E-state index in [1.807, 2.05) is 0 Å². The minimum atomic E-state index is -4.72. The van der Waals surface area contributed by atoms with Crippen molar-refractivity contribution in [2.75, 3.05) is 19.6 Å². The molecule has 3 nitrogen and oxygen atoms in total. The summed E-state index contributed by atoms with van der Waals surface area (Å²) in [6.45, 7) is 1.48. The lowest BCUT2D eigenvalue weighted by Crippen LogP contribution is -2.47. The molecule has 98 valence electrons. The standard InChI is InChI=1S/C11H17F3N2O/c12-11(13,14)10(17)16-6-3-8(4-7-16)9-2-1-5-15-9/h8-9,15H,1-7H2. The number of nitrogens with one attached hydrogen (secondary N) is 1. The summed E-state index contributed by atoms with van der Waals surface area (Å²) in [5.41, 5.74) is 0. The van der Waals surface area contributed by atoms with Crippen molar-refractivity contribution >= 4 is 5.91 Å². The highest BCUT2D eigenvalue weighted by molar-refractivity contribution is 5.81. The number of rotatable bonds is 1. The predicted molar refractivity (Wildman–Crippen MR) is 56.4 cm³/mol. The van der Waals surface area contributed by atoms with Gasteiger partial charge < -0.3 is 10.2 Å². The Bertz CT molecular complexity index is 279. The van der Waals surface area contributed by atoms with Crippen LogP contribution in [0.4, 0.5) is 13.2 Å². The first-order valence-corrected chi connectivity index (χ1v) is 6.08. The van der Waals surface area contributed by atoms with E-state index in [-0.39, 0.29) is 13.1 Å². The lowest BCUT2D eigenvalue weighted by molar-refractivity contribution is -0.186. The minimum absolute atomic E-state index is 0.237. The van der Waals surface area contributed by atoms with Gasteiger partial charge >= 0.3 is 12.1 Å². The topological polar surface area (TPSA) is 32.3 Å². The van der Waals surface area contributed by atoms with Crippen LogP contribution in [-0.2, 0) is 4.79 Å². The number of alkyl halides is 3. The summed E-state index contributed by atoms with van der Waals surface area (Å²) in [5.74, 6) is -1.26. The minimum Gasteiger partial charge on any atom is -0.335 e. The zero-order valence-corrected chi connectivity index (χ0v) is 9.59. The second-order valence-electron chi connectivity index (χ2n) is 4.83. The molecule has 1 atom stereocenters. The number of piperidine rings is 1. The Morgan fingerprint density at radius 2 is 1.82 bits per heavy atom. The fraction of sp³-hybridized carbons (Fsp3) is 0.909. The number of hydrogen-bond acceptors (Lipinski definition) is 2. The van der Waals surface area contributed by atoms with Gasteiger partial charge in [-0.15, -0.1) is 0 Å². The van der Waals surface area contributed by atoms with Crippen molar-refractivity contribution in [3.63, 3.8) is 0 Å². The van der Waals surface area contributed by atoms with Crippen molar-refractivity contribution in [3.8, 4) is 0 Å². The molecule has 1 amide bonds. The van der Waals surface area contributed by atoms with E-state index in [1.165, 1.54) is 0 Å². The molecule has 17 heavy (non-hydrogen) atoms. The molecule has 0 bridgehead atoms. The van der Waals surface area contributed by atoms with E-state index in [1.54, 1.807) is 0 Å². The van der Waals surface area contributed by atoms with Gasteiger partial charge in [-0.2, -0.15) is 13.2 Å². The summed E-state index contributed by atoms with van der Waals surface area (Å²) in [6, 6.07) is 0.443. The first-order valence-electron chi connectivity index (χ1n) is 6.08. The molecule has 2 saturated heterocycles. The second-order valence-corrected chi connectivity index (χ2v) is 4.83. The molecule has 0 spiro atoms. The van der Waals surface area contributed by atoms with Crippen molar-refractivity contribution < 1.29 is 18.0 Å². The number of carbonyl (C=O) groups is 1. The Balaban J connectivity index is 1.83. The molecule has 1 N–H and O–H groups in total. The molecule has 2 fully saturated rings. The predicted octanol–water partition coefficient (Wildman–Crippen LogP) is 1.54. The van der Waals surface area contributed by atoms with Gasteiger partial charge in [0.25, 0.3) is 0 Å². The molecule has 0 aromatic carbocycles. The Kier molecular flexibility index (Phi) is 3.61. The van der Waals surface area contributed by atoms with Gasteiger partial charge in [-0.25, -0.2) is 0 Å². The van der Waals surface area contributed by atoms with E-state index < -0.39 is 12.1 Å². The van der Waals surface area contributed by atoms with Crippen molar-refractivity contribution in [2.45, 2.75) is 37.9 Å². The Hall–Kier alpha value is -0.780. The molecule has 0 aromatic heterocycles. The van der Waals surface area contributed by atoms with Crippen LogP contribution in [0.3, 0.4) is 0 Å². The van der Waals surface area contributed by atoms with Crippen LogP contribution in [0.15, 0.2) is 0 Å². The summed E-state index contributed by atoms with van der Waals surface area (Å²) in [6.07, 6.45) is -1.11. The average Bonchev–Trinajstić information content (AvgIpc) is 2.80. The lowest BCUT2D eigenvalue weighted by Gasteiger charge is -2.35. The van der Waals surface area contributed by atoms with Crippen LogP contribution < -0.4 is 5.32 Å². The summed E-state index contributed by atoms with van der Waals surface area (Å²) < 4.78 is 36.7. The monoisotopic (exact) mass is 250 g/mol. The third-order valence-electron chi connectivity index (χ3n) is 3.74. The highest BCUT2D eigenvalue weighted by Gasteiger charge is 2.43. The quantitative estimate of drug-likeness (QED) is 0.765. The SMILES string of the molecule is O=C(N1CCC(C2CCCN2)CC1)C(F)(F)F. The normalized spacial score (nSPS) is 27.5. The summed E-state index contributed by atoms with van der Waals surface area (Å²) in [7, 11) is 0. The van der Waals surface area contributed by atoms with Gasteiger partial charge in [-0.1, -0.05) is 0 Å². The summed E-state index contributed by atoms with van der Waals surface area (Å²) in [4.78, 5) is 12.0. The maximum Gasteiger partial charge on any atom is 0.471 e. The molecule has 2 aliphatic heterocycles. The number of likely N-dealkylation sites (tertiary alicyclic amines) is 1. The zero-order valence-electron chi connectivity index (χ0n) is 9.59. The largest absolute Gasteiger partial charge is 0.471 e. The van der Waals surface area contributed by atoms with Gasteiger partial charge in [0.05, 0.1) is 0 Å². The summed E-state index contributed by atoms with van der Waals surface area (Å²) in [5, 5.41) is 3.37. The van der Waals surface area contributed by atoms with E-state index in [0.717, 1.165) is 24.3 Å². The van der Waals surface area contributed by atoms with Gasteiger partial charge in [0.15, 0.2) is 0 Å². The first kappa shape index (κ1) is 12.7. The zero-order chi connectivity index (χ0) is 12.5. The van der Waals surface area contributed by atoms with Crippen LogP contribution in [0.5, 0.6) is 0 Å². The molecular weight excluding hydrogens is 233 g/mol. The Morgan fingerprint density at radius 3 is 2.29 bits per heavy atom. The lowest BCUT2D eigenvalue weighted by atomic mass is 9.88. The molecule has 2 heterocycles. The van der Waals surface area contributed by atoms with Gasteiger partial charge in [-0.05, 0) is 38.1 Å². The van der Waals surface area contributed by atoms with Crippen LogP contribution in [0.25, 0.3) is 0 Å². The van der Waals surface area contributed by atoms with Gasteiger partial charge in [-0.3, -0.25) is 4.79 Å². The van der Waals surface area contributed by atoms with E-state index in [2.05, 4.69) is 5.32 Å². The van der Waals surface area contributed by atoms with Crippen molar-refractivity contribution in [1.82, 2.24) is 10.2 Å². The number of carbonyl (C=O) groups excluding carboxylic acids is 1. The molecule has 0 saturated carbocycles. The highest BCUT2D eigenvalue weighted by atomic mass is 19.4. The molecule has 0 aromatic rings. The van der Waals surface area contributed by atoms with E-state index in [9.17, 15) is 18.0 Å². The maximum absolute atomic E-state index is 12.2. The van der Waals surface area contributed by atoms with Crippen LogP contribution in [0.1, 0.15) is 25.7 Å². The molecule has 1 unspecified atom stereocenters. The molecule has 0 aliphatic carbocycles. The van der Waals surface area contributed by atoms with Gasteiger partial charge in [0, 0.05) is 19.1 Å². The van der Waals surface area contributed by atoms with Crippen molar-refractivity contribution in [1.29, 1.82) is 0 Å². The van der Waals surface area contributed by atoms with E-state index >= 15 is 0 Å². The van der Waals surface area contributed by atoms with Gasteiger partial charge in [0.2, 0.25) is 0 Å². The molecular formula is C11H17F3N2O. The average molecular weight is 250 g/mol. The number of nitrogens with zero attached hydrogens (tertiary/aromatic N) is 1. The highest BCUT2D eigenvalue weighted by Crippen LogP contribution is 2.28. The molecule has 6 heteroatoms. The smallest absolute Gasteiger partial charge is 0.335 e. The fourth-order valence-electron chi connectivity index (χ4n) is 2.80. The third kappa shape index (κ3) is 2.91. The summed E-state index contributed by atoms with van der Waals surface area (Å²) >= 11 is 0. The van der Waals surface area contributed by atoms with Crippen LogP contribution in [-0.4, -0.2) is 42.7 Å².